The van der Waals surface area contributed by atoms with Crippen LogP contribution in [0.15, 0.2) is 24.3 Å². The highest BCUT2D eigenvalue weighted by Crippen LogP contribution is 2.07. The molecular formula is C14H22N2O2. The maximum absolute atomic E-state index is 11.1. The van der Waals surface area contributed by atoms with E-state index in [9.17, 15) is 4.79 Å². The summed E-state index contributed by atoms with van der Waals surface area (Å²) in [6.45, 7) is 4.90. The minimum absolute atomic E-state index is 0.482. The van der Waals surface area contributed by atoms with Gasteiger partial charge in [-0.05, 0) is 30.4 Å². The first kappa shape index (κ1) is 14.7. The SMILES string of the molecule is CCCNN[C@@H](Cc1ccc(CC)cc1)C(=O)O. The summed E-state index contributed by atoms with van der Waals surface area (Å²) >= 11 is 0. The first-order valence-corrected chi connectivity index (χ1v) is 6.46. The quantitative estimate of drug-likeness (QED) is 0.486. The van der Waals surface area contributed by atoms with E-state index >= 15 is 0 Å². The van der Waals surface area contributed by atoms with Crippen LogP contribution in [0.4, 0.5) is 0 Å². The molecule has 0 aromatic heterocycles. The number of hydrogen-bond donors (Lipinski definition) is 3. The predicted octanol–water partition coefficient (Wildman–Crippen LogP) is 1.75. The number of carbonyl (C=O) groups is 1. The van der Waals surface area contributed by atoms with Crippen molar-refractivity contribution in [3.05, 3.63) is 35.4 Å². The lowest BCUT2D eigenvalue weighted by Crippen LogP contribution is -2.47. The van der Waals surface area contributed by atoms with E-state index in [1.807, 2.05) is 31.2 Å². The first-order valence-electron chi connectivity index (χ1n) is 6.46. The molecule has 4 heteroatoms. The molecule has 0 spiro atoms. The van der Waals surface area contributed by atoms with Gasteiger partial charge in [0.25, 0.3) is 0 Å². The van der Waals surface area contributed by atoms with Crippen molar-refractivity contribution in [3.8, 4) is 0 Å². The third kappa shape index (κ3) is 4.85. The van der Waals surface area contributed by atoms with Crippen LogP contribution in [0.1, 0.15) is 31.4 Å². The smallest absolute Gasteiger partial charge is 0.322 e. The van der Waals surface area contributed by atoms with Crippen molar-refractivity contribution in [1.29, 1.82) is 0 Å². The third-order valence-electron chi connectivity index (χ3n) is 2.82. The van der Waals surface area contributed by atoms with Gasteiger partial charge in [0.05, 0.1) is 0 Å². The Morgan fingerprint density at radius 1 is 1.22 bits per heavy atom. The van der Waals surface area contributed by atoms with Crippen LogP contribution in [0.2, 0.25) is 0 Å². The van der Waals surface area contributed by atoms with Crippen molar-refractivity contribution >= 4 is 5.97 Å². The molecule has 1 rings (SSSR count). The van der Waals surface area contributed by atoms with E-state index in [0.717, 1.165) is 24.9 Å². The second-order valence-electron chi connectivity index (χ2n) is 4.34. The van der Waals surface area contributed by atoms with E-state index in [-0.39, 0.29) is 0 Å². The lowest BCUT2D eigenvalue weighted by molar-refractivity contribution is -0.139. The van der Waals surface area contributed by atoms with Gasteiger partial charge >= 0.3 is 5.97 Å². The molecular weight excluding hydrogens is 228 g/mol. The molecule has 100 valence electrons. The summed E-state index contributed by atoms with van der Waals surface area (Å²) in [5, 5.41) is 9.13. The highest BCUT2D eigenvalue weighted by Gasteiger charge is 2.16. The standard InChI is InChI=1S/C14H22N2O2/c1-3-9-15-16-13(14(17)18)10-12-7-5-11(4-2)6-8-12/h5-8,13,15-16H,3-4,9-10H2,1-2H3,(H,17,18)/t13-/m0/s1. The molecule has 0 unspecified atom stereocenters. The molecule has 1 aromatic carbocycles. The summed E-state index contributed by atoms with van der Waals surface area (Å²) in [5.74, 6) is -0.835. The van der Waals surface area contributed by atoms with Crippen molar-refractivity contribution < 1.29 is 9.90 Å². The van der Waals surface area contributed by atoms with Gasteiger partial charge in [-0.3, -0.25) is 10.2 Å². The van der Waals surface area contributed by atoms with E-state index in [1.54, 1.807) is 0 Å². The van der Waals surface area contributed by atoms with Crippen molar-refractivity contribution in [3.63, 3.8) is 0 Å². The number of aryl methyl sites for hydroxylation is 1. The number of rotatable bonds is 8. The predicted molar refractivity (Wildman–Crippen MR) is 72.4 cm³/mol. The molecule has 0 aliphatic carbocycles. The van der Waals surface area contributed by atoms with Crippen LogP contribution in [0, 0.1) is 0 Å². The number of aliphatic carboxylic acids is 1. The summed E-state index contributed by atoms with van der Waals surface area (Å²) in [5.41, 5.74) is 8.08. The maximum atomic E-state index is 11.1. The topological polar surface area (TPSA) is 61.4 Å². The summed E-state index contributed by atoms with van der Waals surface area (Å²) < 4.78 is 0. The van der Waals surface area contributed by atoms with Gasteiger partial charge in [0.1, 0.15) is 6.04 Å². The number of hydrazine groups is 1. The van der Waals surface area contributed by atoms with Crippen LogP contribution in [-0.2, 0) is 17.6 Å². The molecule has 1 atom stereocenters. The van der Waals surface area contributed by atoms with E-state index in [1.165, 1.54) is 5.56 Å². The van der Waals surface area contributed by atoms with E-state index < -0.39 is 12.0 Å². The molecule has 0 fully saturated rings. The average Bonchev–Trinajstić information content (AvgIpc) is 2.38. The van der Waals surface area contributed by atoms with E-state index in [0.29, 0.717) is 6.42 Å². The first-order chi connectivity index (χ1) is 8.67. The van der Waals surface area contributed by atoms with Crippen molar-refractivity contribution in [2.45, 2.75) is 39.2 Å². The maximum Gasteiger partial charge on any atom is 0.322 e. The lowest BCUT2D eigenvalue weighted by Gasteiger charge is -2.15. The van der Waals surface area contributed by atoms with Gasteiger partial charge in [-0.2, -0.15) is 0 Å². The lowest BCUT2D eigenvalue weighted by atomic mass is 10.0. The minimum atomic E-state index is -0.835. The van der Waals surface area contributed by atoms with Crippen LogP contribution < -0.4 is 10.9 Å². The highest BCUT2D eigenvalue weighted by atomic mass is 16.4. The minimum Gasteiger partial charge on any atom is -0.480 e. The fourth-order valence-corrected chi connectivity index (χ4v) is 1.67. The number of hydrogen-bond acceptors (Lipinski definition) is 3. The van der Waals surface area contributed by atoms with Gasteiger partial charge in [-0.15, -0.1) is 0 Å². The normalized spacial score (nSPS) is 12.3. The molecule has 0 heterocycles. The number of carboxylic acids is 1. The number of benzene rings is 1. The molecule has 0 bridgehead atoms. The Bertz CT molecular complexity index is 363. The summed E-state index contributed by atoms with van der Waals surface area (Å²) in [6, 6.07) is 7.50. The Morgan fingerprint density at radius 3 is 2.33 bits per heavy atom. The zero-order chi connectivity index (χ0) is 13.4. The molecule has 4 nitrogen and oxygen atoms in total. The van der Waals surface area contributed by atoms with Gasteiger partial charge < -0.3 is 5.11 Å². The molecule has 0 radical (unpaired) electrons. The fraction of sp³-hybridized carbons (Fsp3) is 0.500. The molecule has 18 heavy (non-hydrogen) atoms. The van der Waals surface area contributed by atoms with Crippen molar-refractivity contribution in [2.24, 2.45) is 0 Å². The molecule has 0 saturated heterocycles. The Hall–Kier alpha value is -1.39. The Labute approximate surface area is 108 Å². The van der Waals surface area contributed by atoms with Crippen LogP contribution >= 0.6 is 0 Å². The monoisotopic (exact) mass is 250 g/mol. The van der Waals surface area contributed by atoms with E-state index in [2.05, 4.69) is 17.8 Å². The number of carboxylic acid groups (broad SMARTS) is 1. The van der Waals surface area contributed by atoms with E-state index in [4.69, 9.17) is 5.11 Å². The number of nitrogens with one attached hydrogen (secondary N) is 2. The summed E-state index contributed by atoms with van der Waals surface area (Å²) in [4.78, 5) is 11.1. The second-order valence-corrected chi connectivity index (χ2v) is 4.34. The van der Waals surface area contributed by atoms with Gasteiger partial charge in [0.2, 0.25) is 0 Å². The molecule has 0 aliphatic rings. The molecule has 0 aliphatic heterocycles. The van der Waals surface area contributed by atoms with Gasteiger partial charge in [0, 0.05) is 6.54 Å². The van der Waals surface area contributed by atoms with Gasteiger partial charge in [-0.25, -0.2) is 5.43 Å². The van der Waals surface area contributed by atoms with Gasteiger partial charge in [0.15, 0.2) is 0 Å². The van der Waals surface area contributed by atoms with Crippen LogP contribution in [0.3, 0.4) is 0 Å². The molecule has 1 aromatic rings. The second kappa shape index (κ2) is 7.84. The summed E-state index contributed by atoms with van der Waals surface area (Å²) in [7, 11) is 0. The zero-order valence-electron chi connectivity index (χ0n) is 11.1. The van der Waals surface area contributed by atoms with Crippen LogP contribution in [-0.4, -0.2) is 23.7 Å². The third-order valence-corrected chi connectivity index (χ3v) is 2.82. The molecule has 3 N–H and O–H groups in total. The highest BCUT2D eigenvalue weighted by molar-refractivity contribution is 5.73. The van der Waals surface area contributed by atoms with Crippen molar-refractivity contribution in [2.75, 3.05) is 6.54 Å². The van der Waals surface area contributed by atoms with Crippen LogP contribution in [0.25, 0.3) is 0 Å². The zero-order valence-corrected chi connectivity index (χ0v) is 11.1. The van der Waals surface area contributed by atoms with Crippen LogP contribution in [0.5, 0.6) is 0 Å². The largest absolute Gasteiger partial charge is 0.480 e. The Kier molecular flexibility index (Phi) is 6.39. The van der Waals surface area contributed by atoms with Crippen molar-refractivity contribution in [1.82, 2.24) is 10.9 Å². The summed E-state index contributed by atoms with van der Waals surface area (Å²) in [6.07, 6.45) is 2.44. The van der Waals surface area contributed by atoms with Gasteiger partial charge in [-0.1, -0.05) is 38.1 Å². The Balaban J connectivity index is 2.56. The molecule has 0 saturated carbocycles. The Morgan fingerprint density at radius 2 is 1.83 bits per heavy atom. The fourth-order valence-electron chi connectivity index (χ4n) is 1.67. The molecule has 0 amide bonds. The average molecular weight is 250 g/mol.